The zero-order valence-electron chi connectivity index (χ0n) is 14.9. The van der Waals surface area contributed by atoms with E-state index in [0.29, 0.717) is 17.1 Å². The Labute approximate surface area is 151 Å². The predicted molar refractivity (Wildman–Crippen MR) is 103 cm³/mol. The summed E-state index contributed by atoms with van der Waals surface area (Å²) >= 11 is 0. The Kier molecular flexibility index (Phi) is 3.50. The van der Waals surface area contributed by atoms with Gasteiger partial charge >= 0.3 is 0 Å². The lowest BCUT2D eigenvalue weighted by atomic mass is 10.2. The Balaban J connectivity index is 1.79. The number of aromatic hydroxyl groups is 1. The molecule has 26 heavy (non-hydrogen) atoms. The van der Waals surface area contributed by atoms with Gasteiger partial charge in [0, 0.05) is 7.05 Å². The molecule has 0 amide bonds. The number of nitrogens with zero attached hydrogens (tertiary/aromatic N) is 3. The van der Waals surface area contributed by atoms with Crippen molar-refractivity contribution in [2.75, 3.05) is 11.4 Å². The number of anilines is 1. The van der Waals surface area contributed by atoms with Crippen LogP contribution in [0.2, 0.25) is 0 Å². The molecule has 2 aromatic carbocycles. The van der Waals surface area contributed by atoms with Crippen molar-refractivity contribution in [2.45, 2.75) is 13.8 Å². The highest BCUT2D eigenvalue weighted by Gasteiger charge is 2.33. The van der Waals surface area contributed by atoms with Crippen molar-refractivity contribution in [3.63, 3.8) is 0 Å². The molecule has 6 heteroatoms. The van der Waals surface area contributed by atoms with Gasteiger partial charge in [-0.1, -0.05) is 12.1 Å². The average molecular weight is 348 g/mol. The van der Waals surface area contributed by atoms with Crippen LogP contribution in [0.25, 0.3) is 16.6 Å². The Morgan fingerprint density at radius 3 is 2.46 bits per heavy atom. The Morgan fingerprint density at radius 1 is 1.04 bits per heavy atom. The molecule has 1 aliphatic rings. The van der Waals surface area contributed by atoms with Crippen LogP contribution in [-0.2, 0) is 7.05 Å². The lowest BCUT2D eigenvalue weighted by molar-refractivity contribution is 0.410. The van der Waals surface area contributed by atoms with E-state index in [1.807, 2.05) is 49.7 Å². The minimum absolute atomic E-state index is 0.0742. The number of amidine groups is 1. The first-order chi connectivity index (χ1) is 12.4. The molecular weight excluding hydrogens is 328 g/mol. The molecule has 3 N–H and O–H groups in total. The lowest BCUT2D eigenvalue weighted by Gasteiger charge is -2.20. The lowest BCUT2D eigenvalue weighted by Crippen LogP contribution is -2.26. The number of imidazole rings is 1. The first kappa shape index (κ1) is 16.2. The normalized spacial score (nSPS) is 14.7. The number of aryl methyl sites for hydroxylation is 3. The third-order valence-electron chi connectivity index (χ3n) is 4.78. The number of phenolic OH excluding ortho intramolecular Hbond substituents is 1. The van der Waals surface area contributed by atoms with Gasteiger partial charge in [0.2, 0.25) is 0 Å². The molecule has 3 aromatic rings. The van der Waals surface area contributed by atoms with Gasteiger partial charge in [-0.15, -0.1) is 0 Å². The Morgan fingerprint density at radius 2 is 1.73 bits per heavy atom. The number of aromatic nitrogens is 2. The molecule has 1 aliphatic heterocycles. The van der Waals surface area contributed by atoms with Gasteiger partial charge in [0.1, 0.15) is 23.2 Å². The Hall–Kier alpha value is -3.28. The van der Waals surface area contributed by atoms with Crippen molar-refractivity contribution in [3.8, 4) is 5.75 Å². The number of nitrogens with one attached hydrogen (secondary N) is 1. The van der Waals surface area contributed by atoms with Gasteiger partial charge in [-0.25, -0.2) is 4.98 Å². The zero-order valence-corrected chi connectivity index (χ0v) is 14.9. The molecule has 0 spiro atoms. The summed E-state index contributed by atoms with van der Waals surface area (Å²) < 4.78 is 1.88. The molecule has 0 unspecified atom stereocenters. The van der Waals surface area contributed by atoms with E-state index in [1.165, 1.54) is 0 Å². The summed E-state index contributed by atoms with van der Waals surface area (Å²) in [5.74, 6) is 0.827. The number of rotatable bonds is 2. The highest BCUT2D eigenvalue weighted by molar-refractivity contribution is 6.30. The molecule has 0 saturated heterocycles. The average Bonchev–Trinajstić information content (AvgIpc) is 3.04. The largest absolute Gasteiger partial charge is 0.509 e. The second-order valence-electron chi connectivity index (χ2n) is 6.74. The van der Waals surface area contributed by atoms with Gasteiger partial charge in [0.15, 0.2) is 0 Å². The number of hydrogen-bond acceptors (Lipinski definition) is 4. The fraction of sp³-hybridized carbons (Fsp3) is 0.200. The molecular formula is C20H20N4O2. The summed E-state index contributed by atoms with van der Waals surface area (Å²) in [4.78, 5) is 6.22. The third kappa shape index (κ3) is 2.34. The topological polar surface area (TPSA) is 85.4 Å². The number of benzene rings is 2. The third-order valence-corrected chi connectivity index (χ3v) is 4.78. The van der Waals surface area contributed by atoms with Crippen LogP contribution in [0.15, 0.2) is 42.2 Å². The van der Waals surface area contributed by atoms with Crippen molar-refractivity contribution >= 4 is 28.1 Å². The number of phenols is 1. The summed E-state index contributed by atoms with van der Waals surface area (Å²) in [5.41, 5.74) is 4.69. The summed E-state index contributed by atoms with van der Waals surface area (Å²) in [6.07, 6.45) is 0. The fourth-order valence-corrected chi connectivity index (χ4v) is 3.42. The van der Waals surface area contributed by atoms with Crippen LogP contribution in [-0.4, -0.2) is 32.1 Å². The number of aliphatic hydroxyl groups excluding tert-OH is 1. The van der Waals surface area contributed by atoms with E-state index >= 15 is 0 Å². The van der Waals surface area contributed by atoms with Crippen molar-refractivity contribution in [3.05, 3.63) is 59.1 Å². The maximum atomic E-state index is 10.6. The molecule has 2 heterocycles. The highest BCUT2D eigenvalue weighted by atomic mass is 16.3. The molecule has 0 saturated carbocycles. The van der Waals surface area contributed by atoms with Gasteiger partial charge in [-0.05, 0) is 49.2 Å². The van der Waals surface area contributed by atoms with Crippen LogP contribution in [0.4, 0.5) is 5.69 Å². The number of aliphatic hydroxyl groups is 1. The molecule has 6 nitrogen and oxygen atoms in total. The van der Waals surface area contributed by atoms with Crippen molar-refractivity contribution in [1.29, 1.82) is 5.41 Å². The smallest absolute Gasteiger partial charge is 0.148 e. The van der Waals surface area contributed by atoms with Crippen LogP contribution in [0.1, 0.15) is 17.0 Å². The first-order valence-corrected chi connectivity index (χ1v) is 8.38. The van der Waals surface area contributed by atoms with Gasteiger partial charge in [0.05, 0.1) is 28.8 Å². The second kappa shape index (κ2) is 5.62. The SMILES string of the molecule is Cc1ccc(N2CC(O)=C(c3nc4cc(C)ccc4n3C)C2=N)c(O)c1. The predicted octanol–water partition coefficient (Wildman–Crippen LogP) is 3.66. The quantitative estimate of drug-likeness (QED) is 0.660. The Bertz CT molecular complexity index is 1090. The number of hydrogen-bond donors (Lipinski definition) is 3. The van der Waals surface area contributed by atoms with E-state index in [0.717, 1.165) is 22.2 Å². The van der Waals surface area contributed by atoms with Crippen LogP contribution in [0.3, 0.4) is 0 Å². The monoisotopic (exact) mass is 348 g/mol. The number of fused-ring (bicyclic) bond motifs is 1. The minimum atomic E-state index is 0.0742. The van der Waals surface area contributed by atoms with E-state index in [2.05, 4.69) is 4.98 Å². The van der Waals surface area contributed by atoms with Crippen LogP contribution >= 0.6 is 0 Å². The minimum Gasteiger partial charge on any atom is -0.509 e. The maximum Gasteiger partial charge on any atom is 0.148 e. The molecule has 0 aliphatic carbocycles. The van der Waals surface area contributed by atoms with E-state index in [4.69, 9.17) is 5.41 Å². The molecule has 4 rings (SSSR count). The highest BCUT2D eigenvalue weighted by Crippen LogP contribution is 2.36. The molecule has 0 bridgehead atoms. The summed E-state index contributed by atoms with van der Waals surface area (Å²) in [7, 11) is 1.87. The van der Waals surface area contributed by atoms with Gasteiger partial charge < -0.3 is 19.7 Å². The molecule has 0 radical (unpaired) electrons. The van der Waals surface area contributed by atoms with Crippen molar-refractivity contribution < 1.29 is 10.2 Å². The van der Waals surface area contributed by atoms with E-state index in [1.54, 1.807) is 17.0 Å². The first-order valence-electron chi connectivity index (χ1n) is 8.38. The maximum absolute atomic E-state index is 10.6. The van der Waals surface area contributed by atoms with E-state index in [9.17, 15) is 10.2 Å². The zero-order chi connectivity index (χ0) is 18.6. The summed E-state index contributed by atoms with van der Waals surface area (Å²) in [6, 6.07) is 11.3. The molecule has 132 valence electrons. The van der Waals surface area contributed by atoms with Gasteiger partial charge in [0.25, 0.3) is 0 Å². The van der Waals surface area contributed by atoms with Gasteiger partial charge in [-0.2, -0.15) is 0 Å². The van der Waals surface area contributed by atoms with Crippen molar-refractivity contribution in [2.24, 2.45) is 7.05 Å². The summed E-state index contributed by atoms with van der Waals surface area (Å²) in [5, 5.41) is 29.4. The fourth-order valence-electron chi connectivity index (χ4n) is 3.42. The van der Waals surface area contributed by atoms with Crippen LogP contribution < -0.4 is 4.90 Å². The van der Waals surface area contributed by atoms with E-state index in [-0.39, 0.29) is 23.9 Å². The van der Waals surface area contributed by atoms with Crippen LogP contribution in [0, 0.1) is 19.3 Å². The van der Waals surface area contributed by atoms with Crippen LogP contribution in [0.5, 0.6) is 5.75 Å². The summed E-state index contributed by atoms with van der Waals surface area (Å²) in [6.45, 7) is 4.03. The van der Waals surface area contributed by atoms with E-state index < -0.39 is 0 Å². The second-order valence-corrected chi connectivity index (χ2v) is 6.74. The molecule has 1 aromatic heterocycles. The van der Waals surface area contributed by atoms with Crippen molar-refractivity contribution in [1.82, 2.24) is 9.55 Å². The standard InChI is InChI=1S/C20H20N4O2/c1-11-4-6-14-13(8-11)22-20(23(14)3)18-17(26)10-24(19(18)21)15-7-5-12(2)9-16(15)25/h4-9,21,25-26H,10H2,1-3H3. The molecule has 0 atom stereocenters. The van der Waals surface area contributed by atoms with Gasteiger partial charge in [-0.3, -0.25) is 5.41 Å². The molecule has 0 fully saturated rings.